The molecule has 0 heterocycles. The Kier molecular flexibility index (Phi) is 3.79. The lowest BCUT2D eigenvalue weighted by molar-refractivity contribution is 0.129. The summed E-state index contributed by atoms with van der Waals surface area (Å²) in [4.78, 5) is 0. The van der Waals surface area contributed by atoms with Crippen molar-refractivity contribution in [2.24, 2.45) is 0 Å². The highest BCUT2D eigenvalue weighted by atomic mass is 16.5. The van der Waals surface area contributed by atoms with Gasteiger partial charge in [-0.1, -0.05) is 25.1 Å². The fourth-order valence-corrected chi connectivity index (χ4v) is 1.55. The number of benzene rings is 1. The largest absolute Gasteiger partial charge is 0.488 e. The van der Waals surface area contributed by atoms with Crippen LogP contribution in [0.1, 0.15) is 45.7 Å². The lowest BCUT2D eigenvalue weighted by Gasteiger charge is -2.23. The molecule has 1 rings (SSSR count). The molecule has 0 aliphatic heterocycles. The van der Waals surface area contributed by atoms with Crippen LogP contribution in [0.25, 0.3) is 5.57 Å². The number of rotatable bonds is 3. The van der Waals surface area contributed by atoms with Gasteiger partial charge in [0.1, 0.15) is 11.4 Å². The average Bonchev–Trinajstić information content (AvgIpc) is 2.15. The molecule has 0 aliphatic rings. The molecule has 0 aliphatic carbocycles. The van der Waals surface area contributed by atoms with E-state index in [2.05, 4.69) is 46.4 Å². The summed E-state index contributed by atoms with van der Waals surface area (Å²) in [7, 11) is 0. The SMILES string of the molecule is C=C(C)c1ccc(OC(C)(C)C)c(CC)c1. The molecule has 0 radical (unpaired) electrons. The second-order valence-corrected chi connectivity index (χ2v) is 5.17. The Hall–Kier alpha value is -1.24. The first-order valence-electron chi connectivity index (χ1n) is 5.81. The Morgan fingerprint density at radius 3 is 2.38 bits per heavy atom. The summed E-state index contributed by atoms with van der Waals surface area (Å²) in [5.74, 6) is 0.986. The Labute approximate surface area is 99.1 Å². The molecular weight excluding hydrogens is 196 g/mol. The first-order valence-corrected chi connectivity index (χ1v) is 5.81. The van der Waals surface area contributed by atoms with E-state index in [9.17, 15) is 0 Å². The van der Waals surface area contributed by atoms with Gasteiger partial charge in [0.25, 0.3) is 0 Å². The van der Waals surface area contributed by atoms with Crippen LogP contribution in [0.4, 0.5) is 0 Å². The Balaban J connectivity index is 3.07. The molecule has 88 valence electrons. The smallest absolute Gasteiger partial charge is 0.123 e. The van der Waals surface area contributed by atoms with Crippen molar-refractivity contribution in [2.45, 2.75) is 46.6 Å². The third-order valence-corrected chi connectivity index (χ3v) is 2.35. The number of allylic oxidation sites excluding steroid dienone is 1. The minimum Gasteiger partial charge on any atom is -0.488 e. The fourth-order valence-electron chi connectivity index (χ4n) is 1.55. The molecule has 16 heavy (non-hydrogen) atoms. The summed E-state index contributed by atoms with van der Waals surface area (Å²) in [6.45, 7) is 14.3. The second kappa shape index (κ2) is 4.73. The van der Waals surface area contributed by atoms with Gasteiger partial charge in [0.05, 0.1) is 0 Å². The Bertz CT molecular complexity index is 383. The molecule has 0 atom stereocenters. The van der Waals surface area contributed by atoms with E-state index in [4.69, 9.17) is 4.74 Å². The van der Waals surface area contributed by atoms with Gasteiger partial charge in [0.15, 0.2) is 0 Å². The van der Waals surface area contributed by atoms with Gasteiger partial charge < -0.3 is 4.74 Å². The monoisotopic (exact) mass is 218 g/mol. The third-order valence-electron chi connectivity index (χ3n) is 2.35. The van der Waals surface area contributed by atoms with Crippen LogP contribution >= 0.6 is 0 Å². The molecule has 1 aromatic carbocycles. The quantitative estimate of drug-likeness (QED) is 0.728. The zero-order valence-corrected chi connectivity index (χ0v) is 11.1. The standard InChI is InChI=1S/C15H22O/c1-7-12-10-13(11(2)3)8-9-14(12)16-15(4,5)6/h8-10H,2,7H2,1,3-6H3. The van der Waals surface area contributed by atoms with E-state index in [1.807, 2.05) is 13.0 Å². The van der Waals surface area contributed by atoms with Crippen molar-refractivity contribution in [1.29, 1.82) is 0 Å². The third kappa shape index (κ3) is 3.41. The van der Waals surface area contributed by atoms with Crippen molar-refractivity contribution >= 4 is 5.57 Å². The van der Waals surface area contributed by atoms with Gasteiger partial charge in [0, 0.05) is 0 Å². The lowest BCUT2D eigenvalue weighted by atomic mass is 10.0. The number of ether oxygens (including phenoxy) is 1. The van der Waals surface area contributed by atoms with Crippen molar-refractivity contribution in [3.8, 4) is 5.75 Å². The second-order valence-electron chi connectivity index (χ2n) is 5.17. The molecule has 0 amide bonds. The van der Waals surface area contributed by atoms with Crippen molar-refractivity contribution in [3.63, 3.8) is 0 Å². The zero-order valence-electron chi connectivity index (χ0n) is 11.1. The number of hydrogen-bond acceptors (Lipinski definition) is 1. The first kappa shape index (κ1) is 12.8. The van der Waals surface area contributed by atoms with E-state index < -0.39 is 0 Å². The van der Waals surface area contributed by atoms with Crippen LogP contribution in [0, 0.1) is 0 Å². The van der Waals surface area contributed by atoms with E-state index in [1.165, 1.54) is 11.1 Å². The fraction of sp³-hybridized carbons (Fsp3) is 0.467. The highest BCUT2D eigenvalue weighted by molar-refractivity contribution is 5.63. The molecule has 0 N–H and O–H groups in total. The van der Waals surface area contributed by atoms with Crippen LogP contribution in [0.3, 0.4) is 0 Å². The predicted octanol–water partition coefficient (Wildman–Crippen LogP) is 4.46. The molecule has 0 fully saturated rings. The summed E-state index contributed by atoms with van der Waals surface area (Å²) in [6, 6.07) is 6.29. The van der Waals surface area contributed by atoms with Gasteiger partial charge in [-0.3, -0.25) is 0 Å². The normalized spacial score (nSPS) is 11.3. The highest BCUT2D eigenvalue weighted by Crippen LogP contribution is 2.26. The van der Waals surface area contributed by atoms with Crippen molar-refractivity contribution < 1.29 is 4.74 Å². The van der Waals surface area contributed by atoms with Gasteiger partial charge in [-0.25, -0.2) is 0 Å². The topological polar surface area (TPSA) is 9.23 Å². The van der Waals surface area contributed by atoms with E-state index in [0.29, 0.717) is 0 Å². The first-order chi connectivity index (χ1) is 7.33. The summed E-state index contributed by atoms with van der Waals surface area (Å²) < 4.78 is 5.93. The molecule has 1 nitrogen and oxygen atoms in total. The molecule has 0 saturated heterocycles. The van der Waals surface area contributed by atoms with E-state index in [1.54, 1.807) is 0 Å². The molecular formula is C15H22O. The molecule has 1 heteroatoms. The van der Waals surface area contributed by atoms with Gasteiger partial charge in [-0.15, -0.1) is 0 Å². The van der Waals surface area contributed by atoms with Crippen LogP contribution in [-0.4, -0.2) is 5.60 Å². The van der Waals surface area contributed by atoms with Crippen LogP contribution in [0.5, 0.6) is 5.75 Å². The van der Waals surface area contributed by atoms with E-state index in [-0.39, 0.29) is 5.60 Å². The van der Waals surface area contributed by atoms with Crippen LogP contribution in [0.2, 0.25) is 0 Å². The maximum absolute atomic E-state index is 5.93. The molecule has 0 aromatic heterocycles. The maximum atomic E-state index is 5.93. The van der Waals surface area contributed by atoms with Crippen molar-refractivity contribution in [1.82, 2.24) is 0 Å². The Morgan fingerprint density at radius 2 is 1.94 bits per heavy atom. The van der Waals surface area contributed by atoms with Crippen molar-refractivity contribution in [2.75, 3.05) is 0 Å². The average molecular weight is 218 g/mol. The Morgan fingerprint density at radius 1 is 1.31 bits per heavy atom. The minimum atomic E-state index is -0.144. The molecule has 1 aromatic rings. The number of aryl methyl sites for hydroxylation is 1. The molecule has 0 saturated carbocycles. The van der Waals surface area contributed by atoms with E-state index in [0.717, 1.165) is 17.7 Å². The summed E-state index contributed by atoms with van der Waals surface area (Å²) >= 11 is 0. The number of hydrogen-bond donors (Lipinski definition) is 0. The lowest BCUT2D eigenvalue weighted by Crippen LogP contribution is -2.23. The van der Waals surface area contributed by atoms with Gasteiger partial charge in [0.2, 0.25) is 0 Å². The van der Waals surface area contributed by atoms with E-state index >= 15 is 0 Å². The molecule has 0 unspecified atom stereocenters. The predicted molar refractivity (Wildman–Crippen MR) is 70.9 cm³/mol. The molecule has 0 bridgehead atoms. The highest BCUT2D eigenvalue weighted by Gasteiger charge is 2.14. The minimum absolute atomic E-state index is 0.144. The van der Waals surface area contributed by atoms with Crippen LogP contribution in [-0.2, 0) is 6.42 Å². The summed E-state index contributed by atoms with van der Waals surface area (Å²) in [5, 5.41) is 0. The molecule has 0 spiro atoms. The van der Waals surface area contributed by atoms with Crippen molar-refractivity contribution in [3.05, 3.63) is 35.9 Å². The summed E-state index contributed by atoms with van der Waals surface area (Å²) in [5.41, 5.74) is 3.39. The van der Waals surface area contributed by atoms with Gasteiger partial charge >= 0.3 is 0 Å². The van der Waals surface area contributed by atoms with Crippen LogP contribution < -0.4 is 4.74 Å². The summed E-state index contributed by atoms with van der Waals surface area (Å²) in [6.07, 6.45) is 0.979. The van der Waals surface area contributed by atoms with Crippen LogP contribution in [0.15, 0.2) is 24.8 Å². The van der Waals surface area contributed by atoms with Gasteiger partial charge in [-0.05, 0) is 57.4 Å². The maximum Gasteiger partial charge on any atom is 0.123 e. The zero-order chi connectivity index (χ0) is 12.3. The van der Waals surface area contributed by atoms with Gasteiger partial charge in [-0.2, -0.15) is 0 Å².